The Kier molecular flexibility index (Phi) is 11.4. The van der Waals surface area contributed by atoms with Gasteiger partial charge in [0.05, 0.1) is 12.1 Å². The number of amides is 1. The number of halogens is 1. The van der Waals surface area contributed by atoms with Crippen molar-refractivity contribution in [1.82, 2.24) is 4.90 Å². The molecule has 2 aromatic rings. The number of carbonyl (C=O) groups is 4. The number of Topliss-reactive ketones (excluding diaryl/α,β-unsaturated/α-hetero) is 1. The Balaban J connectivity index is 1.26. The number of likely N-dealkylation sites (tertiary alicyclic amines) is 1. The number of ether oxygens (including phenoxy) is 3. The van der Waals surface area contributed by atoms with Gasteiger partial charge in [-0.1, -0.05) is 38.2 Å². The molecule has 3 aliphatic rings. The Hall–Kier alpha value is -3.47. The maximum absolute atomic E-state index is 14.1. The summed E-state index contributed by atoms with van der Waals surface area (Å²) in [7, 11) is 0. The van der Waals surface area contributed by atoms with Crippen LogP contribution in [0.15, 0.2) is 28.7 Å². The molecule has 1 aliphatic heterocycles. The van der Waals surface area contributed by atoms with Crippen molar-refractivity contribution in [3.63, 3.8) is 0 Å². The number of fused-ring (bicyclic) bond motifs is 1. The molecule has 2 saturated carbocycles. The molecule has 0 bridgehead atoms. The lowest BCUT2D eigenvalue weighted by atomic mass is 9.75. The average Bonchev–Trinajstić information content (AvgIpc) is 3.69. The van der Waals surface area contributed by atoms with Crippen LogP contribution in [0.3, 0.4) is 0 Å². The van der Waals surface area contributed by atoms with E-state index >= 15 is 0 Å². The van der Waals surface area contributed by atoms with Gasteiger partial charge in [0.1, 0.15) is 12.3 Å². The van der Waals surface area contributed by atoms with Gasteiger partial charge in [-0.3, -0.25) is 9.59 Å². The Morgan fingerprint density at radius 1 is 0.978 bits per heavy atom. The lowest BCUT2D eigenvalue weighted by molar-refractivity contribution is -0.143. The molecule has 1 saturated heterocycles. The van der Waals surface area contributed by atoms with Crippen molar-refractivity contribution in [3.8, 4) is 0 Å². The van der Waals surface area contributed by atoms with Crippen molar-refractivity contribution < 1.29 is 42.2 Å². The van der Waals surface area contributed by atoms with Gasteiger partial charge in [-0.05, 0) is 87.5 Å². The normalized spacial score (nSPS) is 24.6. The van der Waals surface area contributed by atoms with E-state index in [4.69, 9.17) is 24.4 Å². The van der Waals surface area contributed by atoms with Crippen LogP contribution in [-0.4, -0.2) is 66.9 Å². The standard InChI is InChI=1S/C35H47FN2O8/c1-21(2)45-35(42)44-20-43-34(41)31-18-26-16-22(8-13-30(26)46-31)17-29(39)32-27(23-6-4-3-5-7-23)14-15-38(32)33(40)25-11-9-24(10-12-25)28(37)19-36/h8,13,16,18,21,23-25,27-28,32H,3-7,9-12,14-15,17,19-20,37H2,1-2H3/t24?,25?,27-,28?,32-/m0/s1. The number of ketones is 1. The molecule has 1 aromatic heterocycles. The predicted octanol–water partition coefficient (Wildman–Crippen LogP) is 6.12. The van der Waals surface area contributed by atoms with Crippen LogP contribution < -0.4 is 5.73 Å². The van der Waals surface area contributed by atoms with Gasteiger partial charge in [-0.25, -0.2) is 14.0 Å². The maximum Gasteiger partial charge on any atom is 0.511 e. The smallest absolute Gasteiger partial charge is 0.449 e. The number of nitrogens with two attached hydrogens (primary N) is 1. The summed E-state index contributed by atoms with van der Waals surface area (Å²) in [5.41, 5.74) is 7.17. The predicted molar refractivity (Wildman–Crippen MR) is 167 cm³/mol. The van der Waals surface area contributed by atoms with Crippen molar-refractivity contribution in [2.45, 2.75) is 103 Å². The average molecular weight is 643 g/mol. The monoisotopic (exact) mass is 642 g/mol. The van der Waals surface area contributed by atoms with Gasteiger partial charge >= 0.3 is 12.1 Å². The topological polar surface area (TPSA) is 138 Å². The zero-order valence-electron chi connectivity index (χ0n) is 26.9. The number of hydrogen-bond donors (Lipinski definition) is 1. The second kappa shape index (κ2) is 15.4. The van der Waals surface area contributed by atoms with Crippen molar-refractivity contribution in [3.05, 3.63) is 35.6 Å². The van der Waals surface area contributed by atoms with E-state index in [9.17, 15) is 23.6 Å². The summed E-state index contributed by atoms with van der Waals surface area (Å²) < 4.78 is 33.3. The van der Waals surface area contributed by atoms with E-state index in [2.05, 4.69) is 0 Å². The number of benzene rings is 1. The van der Waals surface area contributed by atoms with Gasteiger partial charge in [-0.2, -0.15) is 0 Å². The first-order chi connectivity index (χ1) is 22.1. The van der Waals surface area contributed by atoms with E-state index in [1.807, 2.05) is 11.0 Å². The molecule has 0 radical (unpaired) electrons. The molecule has 1 amide bonds. The van der Waals surface area contributed by atoms with Gasteiger partial charge in [0.2, 0.25) is 18.5 Å². The number of rotatable bonds is 11. The van der Waals surface area contributed by atoms with Crippen LogP contribution in [0.2, 0.25) is 0 Å². The highest BCUT2D eigenvalue weighted by Gasteiger charge is 2.46. The molecule has 1 aromatic carbocycles. The zero-order valence-corrected chi connectivity index (χ0v) is 26.9. The molecule has 11 heteroatoms. The number of hydrogen-bond acceptors (Lipinski definition) is 9. The highest BCUT2D eigenvalue weighted by atomic mass is 19.1. The maximum atomic E-state index is 14.1. The molecule has 2 heterocycles. The van der Waals surface area contributed by atoms with E-state index in [0.717, 1.165) is 50.5 Å². The second-order valence-corrected chi connectivity index (χ2v) is 13.5. The van der Waals surface area contributed by atoms with E-state index in [0.29, 0.717) is 36.3 Å². The third-order valence-electron chi connectivity index (χ3n) is 10.1. The fraction of sp³-hybridized carbons (Fsp3) is 0.657. The summed E-state index contributed by atoms with van der Waals surface area (Å²) in [4.78, 5) is 53.9. The number of esters is 1. The highest BCUT2D eigenvalue weighted by Crippen LogP contribution is 2.41. The molecule has 1 unspecified atom stereocenters. The summed E-state index contributed by atoms with van der Waals surface area (Å²) in [6, 6.07) is 5.92. The molecule has 252 valence electrons. The number of nitrogens with zero attached hydrogens (tertiary/aromatic N) is 1. The fourth-order valence-electron chi connectivity index (χ4n) is 7.72. The van der Waals surface area contributed by atoms with Crippen LogP contribution in [0.1, 0.15) is 94.2 Å². The Morgan fingerprint density at radius 2 is 1.72 bits per heavy atom. The van der Waals surface area contributed by atoms with E-state index in [1.165, 1.54) is 12.5 Å². The van der Waals surface area contributed by atoms with Gasteiger partial charge in [-0.15, -0.1) is 0 Å². The first-order valence-electron chi connectivity index (χ1n) is 16.8. The van der Waals surface area contributed by atoms with Gasteiger partial charge in [0, 0.05) is 30.3 Å². The van der Waals surface area contributed by atoms with Crippen LogP contribution >= 0.6 is 0 Å². The first-order valence-corrected chi connectivity index (χ1v) is 16.8. The minimum Gasteiger partial charge on any atom is -0.449 e. The van der Waals surface area contributed by atoms with Crippen molar-refractivity contribution in [2.75, 3.05) is 20.0 Å². The number of alkyl halides is 1. The van der Waals surface area contributed by atoms with E-state index in [-0.39, 0.29) is 47.7 Å². The molecule has 2 aliphatic carbocycles. The first kappa shape index (κ1) is 33.9. The minimum absolute atomic E-state index is 0.0301. The van der Waals surface area contributed by atoms with Gasteiger partial charge in [0.25, 0.3) is 0 Å². The quantitative estimate of drug-likeness (QED) is 0.227. The summed E-state index contributed by atoms with van der Waals surface area (Å²) in [6.07, 6.45) is 8.21. The van der Waals surface area contributed by atoms with Crippen LogP contribution in [-0.2, 0) is 30.2 Å². The third-order valence-corrected chi connectivity index (χ3v) is 10.1. The van der Waals surface area contributed by atoms with Crippen molar-refractivity contribution >= 4 is 34.8 Å². The number of carbonyl (C=O) groups excluding carboxylic acids is 4. The summed E-state index contributed by atoms with van der Waals surface area (Å²) >= 11 is 0. The Bertz CT molecular complexity index is 1380. The van der Waals surface area contributed by atoms with Crippen LogP contribution in [0.5, 0.6) is 0 Å². The Morgan fingerprint density at radius 3 is 2.41 bits per heavy atom. The lowest BCUT2D eigenvalue weighted by Gasteiger charge is -2.37. The summed E-state index contributed by atoms with van der Waals surface area (Å²) in [6.45, 7) is 2.76. The minimum atomic E-state index is -0.944. The van der Waals surface area contributed by atoms with Crippen LogP contribution in [0.4, 0.5) is 9.18 Å². The van der Waals surface area contributed by atoms with E-state index in [1.54, 1.807) is 26.0 Å². The molecular weight excluding hydrogens is 595 g/mol. The molecule has 46 heavy (non-hydrogen) atoms. The molecule has 10 nitrogen and oxygen atoms in total. The van der Waals surface area contributed by atoms with Gasteiger partial charge < -0.3 is 29.3 Å². The number of furan rings is 1. The highest BCUT2D eigenvalue weighted by molar-refractivity contribution is 5.94. The van der Waals surface area contributed by atoms with Crippen molar-refractivity contribution in [2.24, 2.45) is 29.4 Å². The van der Waals surface area contributed by atoms with Crippen LogP contribution in [0.25, 0.3) is 11.0 Å². The summed E-state index contributed by atoms with van der Waals surface area (Å²) in [5, 5.41) is 0.629. The SMILES string of the molecule is CC(C)OC(=O)OCOC(=O)c1cc2cc(CC(=O)[C@@H]3[C@H](C4CCCCC4)CCN3C(=O)C3CCC(C(N)CF)CC3)ccc2o1. The molecular formula is C35H47FN2O8. The fourth-order valence-corrected chi connectivity index (χ4v) is 7.72. The molecule has 3 atom stereocenters. The molecule has 2 N–H and O–H groups in total. The third kappa shape index (κ3) is 8.08. The van der Waals surface area contributed by atoms with Crippen LogP contribution in [0, 0.1) is 23.7 Å². The lowest BCUT2D eigenvalue weighted by Crippen LogP contribution is -2.48. The summed E-state index contributed by atoms with van der Waals surface area (Å²) in [5.74, 6) is -0.264. The molecule has 3 fully saturated rings. The van der Waals surface area contributed by atoms with Gasteiger partial charge in [0.15, 0.2) is 5.78 Å². The Labute approximate surface area is 269 Å². The molecule has 5 rings (SSSR count). The second-order valence-electron chi connectivity index (χ2n) is 13.5. The van der Waals surface area contributed by atoms with Crippen molar-refractivity contribution in [1.29, 1.82) is 0 Å². The largest absolute Gasteiger partial charge is 0.511 e. The molecule has 0 spiro atoms. The van der Waals surface area contributed by atoms with E-state index < -0.39 is 37.7 Å². The zero-order chi connectivity index (χ0) is 32.8.